The topological polar surface area (TPSA) is 21.6 Å². The smallest absolute Gasteiger partial charge is 0.167 e. The van der Waals surface area contributed by atoms with Gasteiger partial charge in [-0.15, -0.1) is 0 Å². The Labute approximate surface area is 85.2 Å². The molecule has 0 N–H and O–H groups in total. The number of nitrogens with zero attached hydrogens (tertiary/aromatic N) is 1. The number of thiocarbonyl (C=S) groups is 1. The minimum absolute atomic E-state index is 0.00553. The van der Waals surface area contributed by atoms with Crippen LogP contribution in [0.3, 0.4) is 0 Å². The molecule has 2 nitrogen and oxygen atoms in total. The van der Waals surface area contributed by atoms with E-state index in [0.717, 1.165) is 12.1 Å². The van der Waals surface area contributed by atoms with Gasteiger partial charge in [0.1, 0.15) is 12.4 Å². The van der Waals surface area contributed by atoms with Crippen LogP contribution in [-0.4, -0.2) is 18.3 Å². The van der Waals surface area contributed by atoms with Crippen LogP contribution in [0.1, 0.15) is 0 Å². The van der Waals surface area contributed by atoms with Crippen molar-refractivity contribution in [2.75, 3.05) is 13.2 Å². The molecule has 1 aromatic carbocycles. The van der Waals surface area contributed by atoms with Crippen LogP contribution in [-0.2, 0) is 0 Å². The van der Waals surface area contributed by atoms with Crippen molar-refractivity contribution in [3.63, 3.8) is 0 Å². The maximum absolute atomic E-state index is 12.9. The first kappa shape index (κ1) is 10.8. The lowest BCUT2D eigenvalue weighted by atomic mass is 10.3. The van der Waals surface area contributed by atoms with E-state index >= 15 is 0 Å². The Kier molecular flexibility index (Phi) is 4.16. The van der Waals surface area contributed by atoms with E-state index in [1.165, 1.54) is 6.07 Å². The van der Waals surface area contributed by atoms with Crippen molar-refractivity contribution >= 4 is 17.4 Å². The van der Waals surface area contributed by atoms with E-state index in [2.05, 4.69) is 22.4 Å². The number of isothiocyanates is 1. The monoisotopic (exact) mass is 215 g/mol. The van der Waals surface area contributed by atoms with Crippen LogP contribution in [0.25, 0.3) is 0 Å². The van der Waals surface area contributed by atoms with Gasteiger partial charge in [0.15, 0.2) is 11.6 Å². The normalized spacial score (nSPS) is 9.29. The average Bonchev–Trinajstić information content (AvgIpc) is 2.15. The van der Waals surface area contributed by atoms with Crippen molar-refractivity contribution < 1.29 is 13.5 Å². The van der Waals surface area contributed by atoms with Gasteiger partial charge < -0.3 is 4.74 Å². The first-order chi connectivity index (χ1) is 6.74. The molecule has 0 fully saturated rings. The van der Waals surface area contributed by atoms with Gasteiger partial charge >= 0.3 is 0 Å². The first-order valence-electron chi connectivity index (χ1n) is 3.85. The fourth-order valence-corrected chi connectivity index (χ4v) is 0.930. The zero-order valence-electron chi connectivity index (χ0n) is 7.17. The fourth-order valence-electron chi connectivity index (χ4n) is 0.839. The van der Waals surface area contributed by atoms with Crippen LogP contribution >= 0.6 is 12.2 Å². The lowest BCUT2D eigenvalue weighted by Gasteiger charge is -2.04. The highest BCUT2D eigenvalue weighted by Gasteiger charge is 2.03. The molecule has 0 aromatic heterocycles. The summed E-state index contributed by atoms with van der Waals surface area (Å²) >= 11 is 4.33. The molecule has 0 aliphatic carbocycles. The second kappa shape index (κ2) is 5.42. The van der Waals surface area contributed by atoms with Crippen LogP contribution in [0.5, 0.6) is 5.75 Å². The number of rotatable bonds is 4. The molecule has 0 aliphatic rings. The Morgan fingerprint density at radius 1 is 1.43 bits per heavy atom. The molecule has 5 heteroatoms. The second-order valence-electron chi connectivity index (χ2n) is 2.40. The maximum atomic E-state index is 12.9. The highest BCUT2D eigenvalue weighted by molar-refractivity contribution is 7.78. The van der Waals surface area contributed by atoms with Crippen LogP contribution in [0.15, 0.2) is 23.2 Å². The Morgan fingerprint density at radius 3 is 2.86 bits per heavy atom. The standard InChI is InChI=1S/C9H7F2NOS/c10-7-1-2-9(8(11)5-7)13-4-3-12-6-14/h1-2,5H,3-4H2. The van der Waals surface area contributed by atoms with Crippen molar-refractivity contribution in [3.05, 3.63) is 29.8 Å². The third kappa shape index (κ3) is 3.20. The molecule has 0 saturated carbocycles. The molecule has 0 unspecified atom stereocenters. The highest BCUT2D eigenvalue weighted by atomic mass is 32.1. The number of halogens is 2. The lowest BCUT2D eigenvalue weighted by molar-refractivity contribution is 0.310. The number of hydrogen-bond donors (Lipinski definition) is 0. The Morgan fingerprint density at radius 2 is 2.21 bits per heavy atom. The SMILES string of the molecule is Fc1ccc(OCCN=C=S)c(F)c1. The van der Waals surface area contributed by atoms with E-state index < -0.39 is 11.6 Å². The number of aliphatic imine (C=N–C) groups is 1. The largest absolute Gasteiger partial charge is 0.489 e. The summed E-state index contributed by atoms with van der Waals surface area (Å²) in [5, 5.41) is 2.15. The Bertz CT molecular complexity index is 364. The maximum Gasteiger partial charge on any atom is 0.167 e. The van der Waals surface area contributed by atoms with E-state index in [-0.39, 0.29) is 12.4 Å². The molecule has 0 atom stereocenters. The fraction of sp³-hybridized carbons (Fsp3) is 0.222. The molecule has 1 rings (SSSR count). The van der Waals surface area contributed by atoms with Gasteiger partial charge in [-0.1, -0.05) is 0 Å². The molecule has 0 saturated heterocycles. The zero-order valence-corrected chi connectivity index (χ0v) is 7.98. The highest BCUT2D eigenvalue weighted by Crippen LogP contribution is 2.17. The van der Waals surface area contributed by atoms with Gasteiger partial charge in [-0.25, -0.2) is 13.8 Å². The van der Waals surface area contributed by atoms with Crippen molar-refractivity contribution in [1.29, 1.82) is 0 Å². The second-order valence-corrected chi connectivity index (χ2v) is 2.58. The summed E-state index contributed by atoms with van der Waals surface area (Å²) in [4.78, 5) is 3.58. The molecule has 0 heterocycles. The van der Waals surface area contributed by atoms with Crippen molar-refractivity contribution in [2.24, 2.45) is 4.99 Å². The minimum Gasteiger partial charge on any atom is -0.489 e. The third-order valence-electron chi connectivity index (χ3n) is 1.42. The number of hydrogen-bond acceptors (Lipinski definition) is 3. The lowest BCUT2D eigenvalue weighted by Crippen LogP contribution is -2.02. The molecule has 0 radical (unpaired) electrons. The molecule has 14 heavy (non-hydrogen) atoms. The summed E-state index contributed by atoms with van der Waals surface area (Å²) in [5.41, 5.74) is 0. The molecular formula is C9H7F2NOS. The van der Waals surface area contributed by atoms with Crippen LogP contribution < -0.4 is 4.74 Å². The van der Waals surface area contributed by atoms with E-state index in [9.17, 15) is 8.78 Å². The summed E-state index contributed by atoms with van der Waals surface area (Å²) in [5.74, 6) is -1.35. The van der Waals surface area contributed by atoms with Crippen molar-refractivity contribution in [1.82, 2.24) is 0 Å². The van der Waals surface area contributed by atoms with E-state index in [4.69, 9.17) is 4.74 Å². The van der Waals surface area contributed by atoms with Gasteiger partial charge in [0.25, 0.3) is 0 Å². The van der Waals surface area contributed by atoms with Gasteiger partial charge in [0.05, 0.1) is 11.7 Å². The summed E-state index contributed by atoms with van der Waals surface area (Å²) in [6.07, 6.45) is 0. The number of benzene rings is 1. The van der Waals surface area contributed by atoms with E-state index in [1.54, 1.807) is 0 Å². The summed E-state index contributed by atoms with van der Waals surface area (Å²) < 4.78 is 30.4. The molecule has 0 aliphatic heterocycles. The van der Waals surface area contributed by atoms with Gasteiger partial charge in [-0.3, -0.25) is 0 Å². The molecule has 1 aromatic rings. The Hall–Kier alpha value is -1.32. The quantitative estimate of drug-likeness (QED) is 0.437. The van der Waals surface area contributed by atoms with Gasteiger partial charge in [-0.05, 0) is 24.4 Å². The number of ether oxygens (including phenoxy) is 1. The average molecular weight is 215 g/mol. The van der Waals surface area contributed by atoms with E-state index in [0.29, 0.717) is 6.54 Å². The molecular weight excluding hydrogens is 208 g/mol. The summed E-state index contributed by atoms with van der Waals surface area (Å²) in [6.45, 7) is 0.493. The first-order valence-corrected chi connectivity index (χ1v) is 4.26. The van der Waals surface area contributed by atoms with Gasteiger partial charge in [-0.2, -0.15) is 0 Å². The predicted molar refractivity (Wildman–Crippen MR) is 51.7 cm³/mol. The zero-order chi connectivity index (χ0) is 10.4. The molecule has 0 bridgehead atoms. The van der Waals surface area contributed by atoms with E-state index in [1.807, 2.05) is 0 Å². The predicted octanol–water partition coefficient (Wildman–Crippen LogP) is 2.45. The van der Waals surface area contributed by atoms with Crippen LogP contribution in [0, 0.1) is 11.6 Å². The van der Waals surface area contributed by atoms with Crippen LogP contribution in [0.4, 0.5) is 8.78 Å². The van der Waals surface area contributed by atoms with Crippen molar-refractivity contribution in [2.45, 2.75) is 0 Å². The molecule has 0 amide bonds. The summed E-state index contributed by atoms with van der Waals surface area (Å²) in [6, 6.07) is 3.12. The molecule has 74 valence electrons. The Balaban J connectivity index is 2.54. The third-order valence-corrected chi connectivity index (χ3v) is 1.55. The van der Waals surface area contributed by atoms with Gasteiger partial charge in [0, 0.05) is 6.07 Å². The minimum atomic E-state index is -0.726. The molecule has 0 spiro atoms. The van der Waals surface area contributed by atoms with Crippen molar-refractivity contribution in [3.8, 4) is 5.75 Å². The van der Waals surface area contributed by atoms with Gasteiger partial charge in [0.2, 0.25) is 0 Å². The van der Waals surface area contributed by atoms with Crippen LogP contribution in [0.2, 0.25) is 0 Å². The summed E-state index contributed by atoms with van der Waals surface area (Å²) in [7, 11) is 0.